The first-order chi connectivity index (χ1) is 7.98. The van der Waals surface area contributed by atoms with Crippen LogP contribution in [-0.2, 0) is 9.53 Å². The highest BCUT2D eigenvalue weighted by Gasteiger charge is 2.34. The van der Waals surface area contributed by atoms with E-state index in [1.807, 2.05) is 0 Å². The van der Waals surface area contributed by atoms with Gasteiger partial charge in [-0.3, -0.25) is 4.79 Å². The molecular formula is C13H24N2O2. The van der Waals surface area contributed by atoms with Crippen LogP contribution < -0.4 is 10.6 Å². The minimum atomic E-state index is -0.101. The molecule has 2 saturated heterocycles. The van der Waals surface area contributed by atoms with Crippen molar-refractivity contribution in [2.24, 2.45) is 11.8 Å². The fraction of sp³-hybridized carbons (Fsp3) is 0.923. The van der Waals surface area contributed by atoms with E-state index in [1.165, 1.54) is 0 Å². The summed E-state index contributed by atoms with van der Waals surface area (Å²) in [7, 11) is 0. The van der Waals surface area contributed by atoms with Gasteiger partial charge in [-0.2, -0.15) is 0 Å². The molecule has 3 atom stereocenters. The zero-order chi connectivity index (χ0) is 12.5. The second kappa shape index (κ2) is 4.94. The van der Waals surface area contributed by atoms with Crippen molar-refractivity contribution in [3.05, 3.63) is 0 Å². The summed E-state index contributed by atoms with van der Waals surface area (Å²) < 4.78 is 5.66. The summed E-state index contributed by atoms with van der Waals surface area (Å²) in [5.74, 6) is 0.800. The number of rotatable bonds is 2. The number of nitrogens with one attached hydrogen (secondary N) is 2. The molecule has 2 aliphatic heterocycles. The molecule has 0 aliphatic carbocycles. The Kier molecular flexibility index (Phi) is 3.73. The van der Waals surface area contributed by atoms with E-state index >= 15 is 0 Å². The van der Waals surface area contributed by atoms with E-state index in [-0.39, 0.29) is 23.5 Å². The second-order valence-electron chi connectivity index (χ2n) is 6.05. The molecule has 3 unspecified atom stereocenters. The molecule has 2 aliphatic rings. The lowest BCUT2D eigenvalue weighted by molar-refractivity contribution is -0.128. The summed E-state index contributed by atoms with van der Waals surface area (Å²) in [5, 5.41) is 6.46. The standard InChI is InChI=1S/C13H24N2O2/c1-9-7-14-8-11(9)12(16)15-10-4-5-17-13(2,3)6-10/h9-11,14H,4-8H2,1-3H3,(H,15,16). The summed E-state index contributed by atoms with van der Waals surface area (Å²) in [4.78, 5) is 12.1. The number of amides is 1. The molecule has 0 saturated carbocycles. The second-order valence-corrected chi connectivity index (χ2v) is 6.05. The minimum absolute atomic E-state index is 0.101. The van der Waals surface area contributed by atoms with Gasteiger partial charge in [-0.05, 0) is 39.2 Å². The van der Waals surface area contributed by atoms with Crippen LogP contribution in [0.3, 0.4) is 0 Å². The topological polar surface area (TPSA) is 50.4 Å². The van der Waals surface area contributed by atoms with Gasteiger partial charge in [0.25, 0.3) is 0 Å². The van der Waals surface area contributed by atoms with Gasteiger partial charge in [-0.1, -0.05) is 6.92 Å². The first-order valence-corrected chi connectivity index (χ1v) is 6.63. The van der Waals surface area contributed by atoms with E-state index in [9.17, 15) is 4.79 Å². The van der Waals surface area contributed by atoms with Crippen molar-refractivity contribution < 1.29 is 9.53 Å². The summed E-state index contributed by atoms with van der Waals surface area (Å²) in [6.07, 6.45) is 1.84. The van der Waals surface area contributed by atoms with Crippen LogP contribution in [0.4, 0.5) is 0 Å². The third kappa shape index (κ3) is 3.19. The average Bonchev–Trinajstić information content (AvgIpc) is 2.62. The molecule has 0 aromatic carbocycles. The predicted octanol–water partition coefficient (Wildman–Crippen LogP) is 0.916. The van der Waals surface area contributed by atoms with Crippen LogP contribution in [0.1, 0.15) is 33.6 Å². The van der Waals surface area contributed by atoms with E-state index in [4.69, 9.17) is 4.74 Å². The smallest absolute Gasteiger partial charge is 0.224 e. The van der Waals surface area contributed by atoms with Crippen molar-refractivity contribution in [3.63, 3.8) is 0 Å². The Labute approximate surface area is 103 Å². The van der Waals surface area contributed by atoms with Gasteiger partial charge in [-0.15, -0.1) is 0 Å². The van der Waals surface area contributed by atoms with Gasteiger partial charge in [0, 0.05) is 19.2 Å². The van der Waals surface area contributed by atoms with Crippen LogP contribution in [0, 0.1) is 11.8 Å². The third-order valence-electron chi connectivity index (χ3n) is 3.90. The van der Waals surface area contributed by atoms with Crippen LogP contribution in [0.2, 0.25) is 0 Å². The monoisotopic (exact) mass is 240 g/mol. The molecule has 0 aromatic rings. The Balaban J connectivity index is 1.86. The van der Waals surface area contributed by atoms with Gasteiger partial charge in [-0.25, -0.2) is 0 Å². The molecular weight excluding hydrogens is 216 g/mol. The highest BCUT2D eigenvalue weighted by Crippen LogP contribution is 2.25. The van der Waals surface area contributed by atoms with Crippen molar-refractivity contribution in [1.82, 2.24) is 10.6 Å². The number of carbonyl (C=O) groups excluding carboxylic acids is 1. The lowest BCUT2D eigenvalue weighted by atomic mass is 9.92. The van der Waals surface area contributed by atoms with Crippen molar-refractivity contribution in [2.45, 2.75) is 45.3 Å². The van der Waals surface area contributed by atoms with Crippen molar-refractivity contribution >= 4 is 5.91 Å². The Morgan fingerprint density at radius 2 is 2.18 bits per heavy atom. The first-order valence-electron chi connectivity index (χ1n) is 6.63. The van der Waals surface area contributed by atoms with Gasteiger partial charge in [0.05, 0.1) is 11.5 Å². The number of hydrogen-bond donors (Lipinski definition) is 2. The lowest BCUT2D eigenvalue weighted by Crippen LogP contribution is -2.48. The highest BCUT2D eigenvalue weighted by atomic mass is 16.5. The van der Waals surface area contributed by atoms with Gasteiger partial charge in [0.1, 0.15) is 0 Å². The summed E-state index contributed by atoms with van der Waals surface area (Å²) in [6.45, 7) is 8.84. The van der Waals surface area contributed by atoms with E-state index in [0.29, 0.717) is 5.92 Å². The maximum Gasteiger partial charge on any atom is 0.224 e. The Bertz CT molecular complexity index is 291. The van der Waals surface area contributed by atoms with Crippen LogP contribution in [0.25, 0.3) is 0 Å². The maximum absolute atomic E-state index is 12.1. The molecule has 4 nitrogen and oxygen atoms in total. The van der Waals surface area contributed by atoms with Crippen LogP contribution in [0.5, 0.6) is 0 Å². The first kappa shape index (κ1) is 12.8. The zero-order valence-corrected chi connectivity index (χ0v) is 11.1. The third-order valence-corrected chi connectivity index (χ3v) is 3.90. The van der Waals surface area contributed by atoms with E-state index in [1.54, 1.807) is 0 Å². The molecule has 1 amide bonds. The van der Waals surface area contributed by atoms with Crippen LogP contribution in [0.15, 0.2) is 0 Å². The van der Waals surface area contributed by atoms with Crippen molar-refractivity contribution in [2.75, 3.05) is 19.7 Å². The molecule has 17 heavy (non-hydrogen) atoms. The van der Waals surface area contributed by atoms with E-state index in [0.717, 1.165) is 32.5 Å². The summed E-state index contributed by atoms with van der Waals surface area (Å²) >= 11 is 0. The Morgan fingerprint density at radius 1 is 1.41 bits per heavy atom. The summed E-state index contributed by atoms with van der Waals surface area (Å²) in [6, 6.07) is 0.277. The molecule has 98 valence electrons. The molecule has 0 bridgehead atoms. The normalized spacial score (nSPS) is 36.8. The lowest BCUT2D eigenvalue weighted by Gasteiger charge is -2.36. The van der Waals surface area contributed by atoms with Crippen LogP contribution >= 0.6 is 0 Å². The predicted molar refractivity (Wildman–Crippen MR) is 66.7 cm³/mol. The summed E-state index contributed by atoms with van der Waals surface area (Å²) in [5.41, 5.74) is -0.101. The molecule has 2 rings (SSSR count). The molecule has 4 heteroatoms. The van der Waals surface area contributed by atoms with E-state index in [2.05, 4.69) is 31.4 Å². The largest absolute Gasteiger partial charge is 0.375 e. The number of ether oxygens (including phenoxy) is 1. The van der Waals surface area contributed by atoms with Gasteiger partial charge >= 0.3 is 0 Å². The minimum Gasteiger partial charge on any atom is -0.375 e. The van der Waals surface area contributed by atoms with Crippen molar-refractivity contribution in [1.29, 1.82) is 0 Å². The SMILES string of the molecule is CC1CNCC1C(=O)NC1CCOC(C)(C)C1. The van der Waals surface area contributed by atoms with Gasteiger partial charge in [0.2, 0.25) is 5.91 Å². The molecule has 0 spiro atoms. The Hall–Kier alpha value is -0.610. The molecule has 0 aromatic heterocycles. The number of carbonyl (C=O) groups is 1. The highest BCUT2D eigenvalue weighted by molar-refractivity contribution is 5.79. The maximum atomic E-state index is 12.1. The molecule has 2 heterocycles. The average molecular weight is 240 g/mol. The fourth-order valence-electron chi connectivity index (χ4n) is 2.82. The molecule has 0 radical (unpaired) electrons. The Morgan fingerprint density at radius 3 is 2.76 bits per heavy atom. The molecule has 2 N–H and O–H groups in total. The molecule has 2 fully saturated rings. The van der Waals surface area contributed by atoms with Gasteiger partial charge < -0.3 is 15.4 Å². The van der Waals surface area contributed by atoms with E-state index < -0.39 is 0 Å². The van der Waals surface area contributed by atoms with Crippen molar-refractivity contribution in [3.8, 4) is 0 Å². The van der Waals surface area contributed by atoms with Crippen LogP contribution in [-0.4, -0.2) is 37.2 Å². The quantitative estimate of drug-likeness (QED) is 0.754. The zero-order valence-electron chi connectivity index (χ0n) is 11.1. The number of hydrogen-bond acceptors (Lipinski definition) is 3. The fourth-order valence-corrected chi connectivity index (χ4v) is 2.82. The van der Waals surface area contributed by atoms with Gasteiger partial charge in [0.15, 0.2) is 0 Å².